The minimum absolute atomic E-state index is 0.107. The van der Waals surface area contributed by atoms with Crippen LogP contribution < -0.4 is 5.32 Å². The second-order valence-corrected chi connectivity index (χ2v) is 5.28. The van der Waals surface area contributed by atoms with Gasteiger partial charge in [0.25, 0.3) is 0 Å². The first kappa shape index (κ1) is 15.9. The van der Waals surface area contributed by atoms with Crippen LogP contribution >= 0.6 is 0 Å². The zero-order valence-electron chi connectivity index (χ0n) is 12.3. The van der Waals surface area contributed by atoms with Crippen LogP contribution in [0.15, 0.2) is 24.3 Å². The number of amides is 1. The Labute approximate surface area is 125 Å². The van der Waals surface area contributed by atoms with E-state index in [1.165, 1.54) is 6.07 Å². The number of benzene rings is 1. The molecular formula is C16H23FN2O2. The number of unbranched alkanes of at least 4 members (excludes halogenated alkanes) is 1. The van der Waals surface area contributed by atoms with Gasteiger partial charge in [0.1, 0.15) is 5.82 Å². The first-order valence-electron chi connectivity index (χ1n) is 7.56. The molecule has 0 radical (unpaired) electrons. The summed E-state index contributed by atoms with van der Waals surface area (Å²) in [6.45, 7) is 5.34. The predicted octanol–water partition coefficient (Wildman–Crippen LogP) is 1.60. The molecule has 2 rings (SSSR count). The van der Waals surface area contributed by atoms with Gasteiger partial charge in [0.05, 0.1) is 19.6 Å². The van der Waals surface area contributed by atoms with E-state index in [2.05, 4.69) is 10.2 Å². The largest absolute Gasteiger partial charge is 0.379 e. The number of nitrogens with zero attached hydrogens (tertiary/aromatic N) is 1. The number of halogens is 1. The average Bonchev–Trinajstić information content (AvgIpc) is 2.50. The van der Waals surface area contributed by atoms with Gasteiger partial charge in [-0.15, -0.1) is 0 Å². The minimum Gasteiger partial charge on any atom is -0.379 e. The highest BCUT2D eigenvalue weighted by Gasteiger charge is 2.10. The second kappa shape index (κ2) is 8.74. The summed E-state index contributed by atoms with van der Waals surface area (Å²) in [5.74, 6) is -0.438. The summed E-state index contributed by atoms with van der Waals surface area (Å²) < 4.78 is 18.7. The van der Waals surface area contributed by atoms with Crippen molar-refractivity contribution in [1.82, 2.24) is 10.2 Å². The van der Waals surface area contributed by atoms with Gasteiger partial charge in [0.2, 0.25) is 5.91 Å². The van der Waals surface area contributed by atoms with Crippen molar-refractivity contribution in [2.45, 2.75) is 19.3 Å². The third-order valence-corrected chi connectivity index (χ3v) is 3.64. The first-order chi connectivity index (χ1) is 10.3. The van der Waals surface area contributed by atoms with Gasteiger partial charge < -0.3 is 10.1 Å². The van der Waals surface area contributed by atoms with E-state index in [-0.39, 0.29) is 18.1 Å². The van der Waals surface area contributed by atoms with E-state index in [0.717, 1.165) is 45.7 Å². The fraction of sp³-hybridized carbons (Fsp3) is 0.562. The molecule has 1 N–H and O–H groups in total. The monoisotopic (exact) mass is 294 g/mol. The number of rotatable bonds is 7. The van der Waals surface area contributed by atoms with E-state index in [4.69, 9.17) is 4.74 Å². The Kier molecular flexibility index (Phi) is 6.63. The maximum Gasteiger partial charge on any atom is 0.224 e. The molecule has 1 aliphatic rings. The van der Waals surface area contributed by atoms with E-state index < -0.39 is 0 Å². The van der Waals surface area contributed by atoms with Crippen molar-refractivity contribution in [2.24, 2.45) is 0 Å². The summed E-state index contributed by atoms with van der Waals surface area (Å²) in [5.41, 5.74) is 0.448. The molecule has 21 heavy (non-hydrogen) atoms. The molecule has 1 amide bonds. The molecule has 0 atom stereocenters. The second-order valence-electron chi connectivity index (χ2n) is 5.28. The molecule has 0 saturated carbocycles. The normalized spacial score (nSPS) is 15.9. The maximum absolute atomic E-state index is 13.4. The maximum atomic E-state index is 13.4. The Balaban J connectivity index is 1.56. The Morgan fingerprint density at radius 3 is 2.76 bits per heavy atom. The van der Waals surface area contributed by atoms with E-state index in [0.29, 0.717) is 12.1 Å². The highest BCUT2D eigenvalue weighted by atomic mass is 19.1. The predicted molar refractivity (Wildman–Crippen MR) is 79.6 cm³/mol. The van der Waals surface area contributed by atoms with Gasteiger partial charge in [-0.1, -0.05) is 18.2 Å². The molecule has 1 saturated heterocycles. The van der Waals surface area contributed by atoms with Crippen LogP contribution in [-0.4, -0.2) is 50.2 Å². The van der Waals surface area contributed by atoms with Gasteiger partial charge in [-0.25, -0.2) is 4.39 Å². The quantitative estimate of drug-likeness (QED) is 0.777. The fourth-order valence-electron chi connectivity index (χ4n) is 2.39. The molecule has 0 unspecified atom stereocenters. The molecule has 5 heteroatoms. The van der Waals surface area contributed by atoms with Crippen LogP contribution in [0.3, 0.4) is 0 Å². The lowest BCUT2D eigenvalue weighted by Crippen LogP contribution is -2.37. The van der Waals surface area contributed by atoms with Gasteiger partial charge in [-0.3, -0.25) is 9.69 Å². The van der Waals surface area contributed by atoms with Crippen molar-refractivity contribution >= 4 is 5.91 Å². The minimum atomic E-state index is -0.319. The number of morpholine rings is 1. The molecule has 0 aliphatic carbocycles. The van der Waals surface area contributed by atoms with Gasteiger partial charge in [0, 0.05) is 19.6 Å². The van der Waals surface area contributed by atoms with Crippen molar-refractivity contribution in [2.75, 3.05) is 39.4 Å². The molecule has 0 bridgehead atoms. The van der Waals surface area contributed by atoms with Gasteiger partial charge in [-0.05, 0) is 31.0 Å². The fourth-order valence-corrected chi connectivity index (χ4v) is 2.39. The average molecular weight is 294 g/mol. The SMILES string of the molecule is O=C(Cc1ccccc1F)NCCCCN1CCOCC1. The topological polar surface area (TPSA) is 41.6 Å². The number of hydrogen-bond donors (Lipinski definition) is 1. The standard InChI is InChI=1S/C16H23FN2O2/c17-15-6-2-1-5-14(15)13-16(20)18-7-3-4-8-19-9-11-21-12-10-19/h1-2,5-6H,3-4,7-13H2,(H,18,20). The van der Waals surface area contributed by atoms with E-state index in [1.807, 2.05) is 0 Å². The molecule has 1 heterocycles. The Bertz CT molecular complexity index is 448. The summed E-state index contributed by atoms with van der Waals surface area (Å²) in [6.07, 6.45) is 2.11. The number of carbonyl (C=O) groups excluding carboxylic acids is 1. The number of carbonyl (C=O) groups is 1. The first-order valence-corrected chi connectivity index (χ1v) is 7.56. The molecule has 4 nitrogen and oxygen atoms in total. The summed E-state index contributed by atoms with van der Waals surface area (Å²) in [5, 5.41) is 2.85. The summed E-state index contributed by atoms with van der Waals surface area (Å²) in [7, 11) is 0. The molecule has 116 valence electrons. The number of nitrogens with one attached hydrogen (secondary N) is 1. The van der Waals surface area contributed by atoms with E-state index in [1.54, 1.807) is 18.2 Å². The van der Waals surface area contributed by atoms with Crippen LogP contribution in [0, 0.1) is 5.82 Å². The van der Waals surface area contributed by atoms with Gasteiger partial charge in [-0.2, -0.15) is 0 Å². The molecule has 1 fully saturated rings. The highest BCUT2D eigenvalue weighted by molar-refractivity contribution is 5.78. The van der Waals surface area contributed by atoms with Crippen LogP contribution in [0.1, 0.15) is 18.4 Å². The summed E-state index contributed by atoms with van der Waals surface area (Å²) in [6, 6.07) is 6.40. The van der Waals surface area contributed by atoms with Gasteiger partial charge >= 0.3 is 0 Å². The van der Waals surface area contributed by atoms with Crippen molar-refractivity contribution in [3.8, 4) is 0 Å². The number of hydrogen-bond acceptors (Lipinski definition) is 3. The van der Waals surface area contributed by atoms with Crippen LogP contribution in [-0.2, 0) is 16.0 Å². The Hall–Kier alpha value is -1.46. The zero-order chi connectivity index (χ0) is 14.9. The van der Waals surface area contributed by atoms with Crippen LogP contribution in [0.25, 0.3) is 0 Å². The van der Waals surface area contributed by atoms with Crippen molar-refractivity contribution in [3.63, 3.8) is 0 Å². The van der Waals surface area contributed by atoms with Crippen molar-refractivity contribution < 1.29 is 13.9 Å². The molecule has 1 aliphatic heterocycles. The lowest BCUT2D eigenvalue weighted by Gasteiger charge is -2.26. The smallest absolute Gasteiger partial charge is 0.224 e. The van der Waals surface area contributed by atoms with E-state index in [9.17, 15) is 9.18 Å². The van der Waals surface area contributed by atoms with Crippen LogP contribution in [0.4, 0.5) is 4.39 Å². The van der Waals surface area contributed by atoms with Crippen LogP contribution in [0.2, 0.25) is 0 Å². The molecule has 1 aromatic rings. The Morgan fingerprint density at radius 2 is 2.00 bits per heavy atom. The third-order valence-electron chi connectivity index (χ3n) is 3.64. The van der Waals surface area contributed by atoms with Crippen molar-refractivity contribution in [1.29, 1.82) is 0 Å². The number of ether oxygens (including phenoxy) is 1. The Morgan fingerprint density at radius 1 is 1.24 bits per heavy atom. The molecule has 1 aromatic carbocycles. The van der Waals surface area contributed by atoms with Crippen LogP contribution in [0.5, 0.6) is 0 Å². The molecule has 0 spiro atoms. The highest BCUT2D eigenvalue weighted by Crippen LogP contribution is 2.06. The molecular weight excluding hydrogens is 271 g/mol. The van der Waals surface area contributed by atoms with Crippen molar-refractivity contribution in [3.05, 3.63) is 35.6 Å². The zero-order valence-corrected chi connectivity index (χ0v) is 12.3. The lowest BCUT2D eigenvalue weighted by molar-refractivity contribution is -0.120. The third kappa shape index (κ3) is 5.81. The summed E-state index contributed by atoms with van der Waals surface area (Å²) >= 11 is 0. The summed E-state index contributed by atoms with van der Waals surface area (Å²) in [4.78, 5) is 14.1. The van der Waals surface area contributed by atoms with E-state index >= 15 is 0 Å². The molecule has 0 aromatic heterocycles. The van der Waals surface area contributed by atoms with Gasteiger partial charge in [0.15, 0.2) is 0 Å². The lowest BCUT2D eigenvalue weighted by atomic mass is 10.1.